The molecule has 0 aliphatic carbocycles. The Hall–Kier alpha value is -3.13. The number of rotatable bonds is 3. The average Bonchev–Trinajstić information content (AvgIpc) is 3.16. The third-order valence-corrected chi connectivity index (χ3v) is 3.99. The first-order valence-corrected chi connectivity index (χ1v) is 7.59. The Morgan fingerprint density at radius 2 is 2.08 bits per heavy atom. The third-order valence-electron chi connectivity index (χ3n) is 3.99. The van der Waals surface area contributed by atoms with Crippen LogP contribution < -0.4 is 4.74 Å². The molecule has 0 atom stereocenters. The zero-order valence-electron chi connectivity index (χ0n) is 13.9. The number of nitrogens with zero attached hydrogens (tertiary/aromatic N) is 2. The number of methoxy groups -OCH3 is 1. The Labute approximate surface area is 140 Å². The van der Waals surface area contributed by atoms with E-state index in [1.165, 1.54) is 0 Å². The molecule has 0 spiro atoms. The summed E-state index contributed by atoms with van der Waals surface area (Å²) in [5.74, 6) is 2.18. The summed E-state index contributed by atoms with van der Waals surface area (Å²) in [6.07, 6.45) is 7.49. The number of hydrogen-bond donors (Lipinski definition) is 0. The van der Waals surface area contributed by atoms with E-state index in [1.807, 2.05) is 61.0 Å². The van der Waals surface area contributed by atoms with Crippen LogP contribution in [-0.4, -0.2) is 18.5 Å². The van der Waals surface area contributed by atoms with Crippen LogP contribution >= 0.6 is 0 Å². The Morgan fingerprint density at radius 3 is 2.79 bits per heavy atom. The second-order valence-corrected chi connectivity index (χ2v) is 5.26. The molecule has 1 aromatic carbocycles. The number of benzene rings is 1. The van der Waals surface area contributed by atoms with Gasteiger partial charge < -0.3 is 18.8 Å². The number of aromatic nitrogens is 1. The molecule has 1 aliphatic rings. The molecule has 1 aromatic heterocycles. The number of allylic oxidation sites excluding steroid dienone is 3. The van der Waals surface area contributed by atoms with E-state index in [9.17, 15) is 5.26 Å². The molecule has 2 heterocycles. The molecule has 122 valence electrons. The maximum absolute atomic E-state index is 9.45. The van der Waals surface area contributed by atoms with E-state index >= 15 is 0 Å². The van der Waals surface area contributed by atoms with Crippen molar-refractivity contribution in [2.24, 2.45) is 0 Å². The van der Waals surface area contributed by atoms with Crippen LogP contribution in [-0.2, 0) is 9.47 Å². The lowest BCUT2D eigenvalue weighted by atomic mass is 10.1. The zero-order chi connectivity index (χ0) is 17.1. The van der Waals surface area contributed by atoms with E-state index in [2.05, 4.69) is 6.07 Å². The molecular weight excluding hydrogens is 304 g/mol. The van der Waals surface area contributed by atoms with Crippen LogP contribution in [0, 0.1) is 18.3 Å². The van der Waals surface area contributed by atoms with Gasteiger partial charge in [-0.25, -0.2) is 0 Å². The maximum atomic E-state index is 9.45. The first-order chi connectivity index (χ1) is 11.7. The highest BCUT2D eigenvalue weighted by molar-refractivity contribution is 5.90. The minimum absolute atomic E-state index is 0.237. The standard InChI is InChI=1S/C19H18N2O3/c1-4-18-19(24-12-23-18)6-5-9-21-13(2)16(11-20)15-8-7-14(22-3)10-17(15)21/h4-10H,12H2,1-3H3/b9-5+,18-4+,19-6+. The van der Waals surface area contributed by atoms with Crippen LogP contribution in [0.15, 0.2) is 47.9 Å². The molecule has 5 nitrogen and oxygen atoms in total. The maximum Gasteiger partial charge on any atom is 0.231 e. The van der Waals surface area contributed by atoms with Gasteiger partial charge in [-0.15, -0.1) is 0 Å². The highest BCUT2D eigenvalue weighted by atomic mass is 16.7. The van der Waals surface area contributed by atoms with Crippen LogP contribution in [0.1, 0.15) is 18.2 Å². The topological polar surface area (TPSA) is 56.4 Å². The monoisotopic (exact) mass is 322 g/mol. The lowest BCUT2D eigenvalue weighted by Gasteiger charge is -2.03. The molecule has 24 heavy (non-hydrogen) atoms. The SMILES string of the molecule is C/C=C1/OCO/C1=C/C=C/n1c(C)c(C#N)c2ccc(OC)cc21. The lowest BCUT2D eigenvalue weighted by molar-refractivity contribution is 0.0976. The number of hydrogen-bond acceptors (Lipinski definition) is 4. The van der Waals surface area contributed by atoms with Crippen molar-refractivity contribution >= 4 is 17.1 Å². The van der Waals surface area contributed by atoms with Gasteiger partial charge in [-0.1, -0.05) is 0 Å². The fourth-order valence-corrected chi connectivity index (χ4v) is 2.75. The van der Waals surface area contributed by atoms with Gasteiger partial charge in [-0.05, 0) is 44.2 Å². The van der Waals surface area contributed by atoms with E-state index in [0.717, 1.165) is 28.1 Å². The Bertz CT molecular complexity index is 911. The fraction of sp³-hybridized carbons (Fsp3) is 0.211. The van der Waals surface area contributed by atoms with Gasteiger partial charge in [0, 0.05) is 23.3 Å². The molecule has 0 bridgehead atoms. The first kappa shape index (κ1) is 15.8. The molecule has 0 radical (unpaired) electrons. The van der Waals surface area contributed by atoms with Crippen molar-refractivity contribution in [1.29, 1.82) is 5.26 Å². The van der Waals surface area contributed by atoms with Crippen LogP contribution in [0.4, 0.5) is 0 Å². The molecule has 3 rings (SSSR count). The fourth-order valence-electron chi connectivity index (χ4n) is 2.75. The van der Waals surface area contributed by atoms with Gasteiger partial charge in [0.15, 0.2) is 11.5 Å². The average molecular weight is 322 g/mol. The summed E-state index contributed by atoms with van der Waals surface area (Å²) in [5, 5.41) is 10.4. The molecular formula is C19H18N2O3. The van der Waals surface area contributed by atoms with E-state index in [0.29, 0.717) is 11.3 Å². The molecule has 0 saturated carbocycles. The van der Waals surface area contributed by atoms with Crippen molar-refractivity contribution in [1.82, 2.24) is 4.57 Å². The van der Waals surface area contributed by atoms with Gasteiger partial charge in [0.25, 0.3) is 0 Å². The lowest BCUT2D eigenvalue weighted by Crippen LogP contribution is -1.90. The van der Waals surface area contributed by atoms with Crippen LogP contribution in [0.25, 0.3) is 17.1 Å². The van der Waals surface area contributed by atoms with E-state index in [1.54, 1.807) is 7.11 Å². The summed E-state index contributed by atoms with van der Waals surface area (Å²) >= 11 is 0. The van der Waals surface area contributed by atoms with E-state index in [-0.39, 0.29) is 6.79 Å². The largest absolute Gasteiger partial charge is 0.497 e. The van der Waals surface area contributed by atoms with Gasteiger partial charge in [-0.2, -0.15) is 5.26 Å². The summed E-state index contributed by atoms with van der Waals surface area (Å²) in [5.41, 5.74) is 2.47. The Kier molecular flexibility index (Phi) is 4.30. The summed E-state index contributed by atoms with van der Waals surface area (Å²) in [7, 11) is 1.63. The van der Waals surface area contributed by atoms with Crippen LogP contribution in [0.5, 0.6) is 5.75 Å². The van der Waals surface area contributed by atoms with Crippen LogP contribution in [0.3, 0.4) is 0 Å². The second kappa shape index (κ2) is 6.55. The Balaban J connectivity index is 2.06. The van der Waals surface area contributed by atoms with E-state index < -0.39 is 0 Å². The second-order valence-electron chi connectivity index (χ2n) is 5.26. The first-order valence-electron chi connectivity index (χ1n) is 7.59. The molecule has 5 heteroatoms. The molecule has 1 aliphatic heterocycles. The van der Waals surface area contributed by atoms with Crippen molar-refractivity contribution in [2.75, 3.05) is 13.9 Å². The normalized spacial score (nSPS) is 17.4. The minimum atomic E-state index is 0.237. The third kappa shape index (κ3) is 2.63. The van der Waals surface area contributed by atoms with Crippen molar-refractivity contribution in [3.8, 4) is 11.8 Å². The highest BCUT2D eigenvalue weighted by Crippen LogP contribution is 2.29. The summed E-state index contributed by atoms with van der Waals surface area (Å²) in [6.45, 7) is 4.06. The van der Waals surface area contributed by atoms with Gasteiger partial charge in [-0.3, -0.25) is 0 Å². The molecule has 0 amide bonds. The van der Waals surface area contributed by atoms with E-state index in [4.69, 9.17) is 14.2 Å². The molecule has 1 saturated heterocycles. The predicted molar refractivity (Wildman–Crippen MR) is 92.1 cm³/mol. The highest BCUT2D eigenvalue weighted by Gasteiger charge is 2.15. The Morgan fingerprint density at radius 1 is 1.29 bits per heavy atom. The quantitative estimate of drug-likeness (QED) is 0.854. The summed E-state index contributed by atoms with van der Waals surface area (Å²) in [6, 6.07) is 7.98. The smallest absolute Gasteiger partial charge is 0.231 e. The minimum Gasteiger partial charge on any atom is -0.497 e. The summed E-state index contributed by atoms with van der Waals surface area (Å²) < 4.78 is 18.0. The molecule has 2 aromatic rings. The van der Waals surface area contributed by atoms with Crippen molar-refractivity contribution < 1.29 is 14.2 Å². The molecule has 1 fully saturated rings. The number of ether oxygens (including phenoxy) is 3. The predicted octanol–water partition coefficient (Wildman–Crippen LogP) is 4.09. The van der Waals surface area contributed by atoms with Gasteiger partial charge >= 0.3 is 0 Å². The van der Waals surface area contributed by atoms with Gasteiger partial charge in [0.05, 0.1) is 18.2 Å². The molecule has 0 unspecified atom stereocenters. The van der Waals surface area contributed by atoms with Crippen molar-refractivity contribution in [2.45, 2.75) is 13.8 Å². The van der Waals surface area contributed by atoms with Crippen molar-refractivity contribution in [3.05, 3.63) is 59.2 Å². The zero-order valence-corrected chi connectivity index (χ0v) is 13.9. The van der Waals surface area contributed by atoms with Crippen LogP contribution in [0.2, 0.25) is 0 Å². The van der Waals surface area contributed by atoms with Gasteiger partial charge in [0.2, 0.25) is 6.79 Å². The summed E-state index contributed by atoms with van der Waals surface area (Å²) in [4.78, 5) is 0. The number of fused-ring (bicyclic) bond motifs is 1. The number of nitriles is 1. The molecule has 0 N–H and O–H groups in total. The van der Waals surface area contributed by atoms with Gasteiger partial charge in [0.1, 0.15) is 11.8 Å². The van der Waals surface area contributed by atoms with Crippen molar-refractivity contribution in [3.63, 3.8) is 0 Å².